The predicted molar refractivity (Wildman–Crippen MR) is 61.4 cm³/mol. The number of benzene rings is 1. The van der Waals surface area contributed by atoms with Crippen LogP contribution in [0.3, 0.4) is 0 Å². The van der Waals surface area contributed by atoms with Crippen molar-refractivity contribution in [3.63, 3.8) is 0 Å². The first-order chi connectivity index (χ1) is 8.15. The van der Waals surface area contributed by atoms with Gasteiger partial charge in [0, 0.05) is 6.92 Å². The topological polar surface area (TPSA) is 65.0 Å². The van der Waals surface area contributed by atoms with E-state index in [-0.39, 0.29) is 12.3 Å². The highest BCUT2D eigenvalue weighted by Crippen LogP contribution is 2.01. The molecule has 0 N–H and O–H groups in total. The van der Waals surface area contributed by atoms with Crippen molar-refractivity contribution in [2.24, 2.45) is 5.16 Å². The number of hydrogen-bond donors (Lipinski definition) is 0. The summed E-state index contributed by atoms with van der Waals surface area (Å²) < 4.78 is 4.93. The van der Waals surface area contributed by atoms with E-state index >= 15 is 0 Å². The van der Waals surface area contributed by atoms with Gasteiger partial charge in [0.1, 0.15) is 13.7 Å². The first kappa shape index (κ1) is 12.9. The maximum atomic E-state index is 11.5. The molecule has 0 aliphatic rings. The summed E-state index contributed by atoms with van der Waals surface area (Å²) in [6.07, 6.45) is 0. The van der Waals surface area contributed by atoms with Crippen LogP contribution in [-0.4, -0.2) is 24.6 Å². The van der Waals surface area contributed by atoms with Crippen LogP contribution in [0.5, 0.6) is 0 Å². The van der Waals surface area contributed by atoms with E-state index in [1.165, 1.54) is 14.0 Å². The molecule has 0 saturated heterocycles. The normalized spacial score (nSPS) is 10.8. The average Bonchev–Trinajstić information content (AvgIpc) is 2.34. The summed E-state index contributed by atoms with van der Waals surface area (Å²) in [5.74, 6) is -1.28. The molecule has 17 heavy (non-hydrogen) atoms. The van der Waals surface area contributed by atoms with Gasteiger partial charge >= 0.3 is 5.97 Å². The number of ketones is 1. The zero-order valence-electron chi connectivity index (χ0n) is 9.67. The van der Waals surface area contributed by atoms with E-state index in [0.717, 1.165) is 5.56 Å². The number of carbonyl (C=O) groups is 2. The van der Waals surface area contributed by atoms with E-state index in [9.17, 15) is 9.59 Å². The van der Waals surface area contributed by atoms with Gasteiger partial charge in [0.25, 0.3) is 0 Å². The Hall–Kier alpha value is -2.17. The van der Waals surface area contributed by atoms with Gasteiger partial charge in [-0.25, -0.2) is 4.79 Å². The molecular weight excluding hydrogens is 222 g/mol. The third-order valence-corrected chi connectivity index (χ3v) is 1.92. The average molecular weight is 235 g/mol. The van der Waals surface area contributed by atoms with E-state index in [0.29, 0.717) is 0 Å². The molecule has 5 heteroatoms. The van der Waals surface area contributed by atoms with Crippen LogP contribution < -0.4 is 0 Å². The molecule has 0 atom stereocenters. The Morgan fingerprint density at radius 3 is 2.41 bits per heavy atom. The Labute approximate surface area is 99.0 Å². The van der Waals surface area contributed by atoms with Crippen LogP contribution in [0.4, 0.5) is 0 Å². The third kappa shape index (κ3) is 4.06. The second-order valence-corrected chi connectivity index (χ2v) is 3.24. The highest BCUT2D eigenvalue weighted by molar-refractivity contribution is 6.63. The van der Waals surface area contributed by atoms with Gasteiger partial charge < -0.3 is 9.57 Å². The molecule has 0 unspecified atom stereocenters. The number of rotatable bonds is 5. The molecule has 5 nitrogen and oxygen atoms in total. The molecule has 0 aliphatic carbocycles. The van der Waals surface area contributed by atoms with E-state index in [1.807, 2.05) is 30.3 Å². The fourth-order valence-corrected chi connectivity index (χ4v) is 1.13. The minimum absolute atomic E-state index is 0.0929. The molecule has 1 rings (SSSR count). The molecule has 0 heterocycles. The van der Waals surface area contributed by atoms with Crippen LogP contribution in [0.15, 0.2) is 35.5 Å². The van der Waals surface area contributed by atoms with Crippen LogP contribution in [-0.2, 0) is 25.8 Å². The zero-order chi connectivity index (χ0) is 12.7. The van der Waals surface area contributed by atoms with Crippen LogP contribution in [0.1, 0.15) is 12.5 Å². The molecule has 0 spiro atoms. The lowest BCUT2D eigenvalue weighted by atomic mass is 10.2. The lowest BCUT2D eigenvalue weighted by Crippen LogP contribution is -2.24. The number of hydrogen-bond acceptors (Lipinski definition) is 5. The van der Waals surface area contributed by atoms with Crippen molar-refractivity contribution < 1.29 is 19.2 Å². The number of nitrogens with zero attached hydrogens (tertiary/aromatic N) is 1. The van der Waals surface area contributed by atoms with Gasteiger partial charge in [-0.2, -0.15) is 0 Å². The Kier molecular flexibility index (Phi) is 4.87. The minimum atomic E-state index is -0.789. The van der Waals surface area contributed by atoms with Gasteiger partial charge in [-0.3, -0.25) is 4.79 Å². The standard InChI is InChI=1S/C12H13NO4/c1-9(14)11(13-16-2)12(15)17-8-10-6-4-3-5-7-10/h3-7H,8H2,1-2H3/b13-11-. The third-order valence-electron chi connectivity index (χ3n) is 1.92. The molecule has 0 fully saturated rings. The second kappa shape index (κ2) is 6.42. The lowest BCUT2D eigenvalue weighted by molar-refractivity contribution is -0.137. The van der Waals surface area contributed by atoms with Crippen LogP contribution in [0.25, 0.3) is 0 Å². The molecule has 0 aliphatic heterocycles. The van der Waals surface area contributed by atoms with Gasteiger partial charge in [-0.05, 0) is 5.56 Å². The molecule has 1 aromatic rings. The van der Waals surface area contributed by atoms with Crippen molar-refractivity contribution in [1.82, 2.24) is 0 Å². The summed E-state index contributed by atoms with van der Waals surface area (Å²) in [6, 6.07) is 9.15. The van der Waals surface area contributed by atoms with Crippen molar-refractivity contribution in [1.29, 1.82) is 0 Å². The summed E-state index contributed by atoms with van der Waals surface area (Å²) in [5, 5.41) is 3.33. The van der Waals surface area contributed by atoms with Gasteiger partial charge in [0.2, 0.25) is 5.71 Å². The first-order valence-corrected chi connectivity index (χ1v) is 4.98. The number of esters is 1. The summed E-state index contributed by atoms with van der Waals surface area (Å²) in [4.78, 5) is 27.0. The molecule has 0 bridgehead atoms. The molecule has 0 radical (unpaired) electrons. The fourth-order valence-electron chi connectivity index (χ4n) is 1.13. The predicted octanol–water partition coefficient (Wildman–Crippen LogP) is 1.32. The summed E-state index contributed by atoms with van der Waals surface area (Å²) in [6.45, 7) is 1.32. The smallest absolute Gasteiger partial charge is 0.364 e. The quantitative estimate of drug-likeness (QED) is 0.334. The molecule has 1 aromatic carbocycles. The zero-order valence-corrected chi connectivity index (χ0v) is 9.67. The van der Waals surface area contributed by atoms with Crippen molar-refractivity contribution in [3.05, 3.63) is 35.9 Å². The largest absolute Gasteiger partial charge is 0.456 e. The number of ether oxygens (including phenoxy) is 1. The molecule has 90 valence electrons. The Morgan fingerprint density at radius 1 is 1.24 bits per heavy atom. The van der Waals surface area contributed by atoms with Gasteiger partial charge in [0.15, 0.2) is 5.78 Å². The Balaban J connectivity index is 2.60. The van der Waals surface area contributed by atoms with E-state index < -0.39 is 11.8 Å². The number of carbonyl (C=O) groups excluding carboxylic acids is 2. The molecule has 0 saturated carbocycles. The highest BCUT2D eigenvalue weighted by atomic mass is 16.6. The second-order valence-electron chi connectivity index (χ2n) is 3.24. The summed E-state index contributed by atoms with van der Waals surface area (Å²) in [5.41, 5.74) is 0.490. The number of oxime groups is 1. The minimum Gasteiger partial charge on any atom is -0.456 e. The van der Waals surface area contributed by atoms with E-state index in [1.54, 1.807) is 0 Å². The fraction of sp³-hybridized carbons (Fsp3) is 0.250. The monoisotopic (exact) mass is 235 g/mol. The Bertz CT molecular complexity index is 425. The van der Waals surface area contributed by atoms with Crippen LogP contribution >= 0.6 is 0 Å². The van der Waals surface area contributed by atoms with Crippen molar-refractivity contribution in [3.8, 4) is 0 Å². The summed E-state index contributed by atoms with van der Waals surface area (Å²) >= 11 is 0. The Morgan fingerprint density at radius 2 is 1.88 bits per heavy atom. The van der Waals surface area contributed by atoms with Gasteiger partial charge in [0.05, 0.1) is 0 Å². The van der Waals surface area contributed by atoms with Crippen LogP contribution in [0.2, 0.25) is 0 Å². The summed E-state index contributed by atoms with van der Waals surface area (Å²) in [7, 11) is 1.26. The van der Waals surface area contributed by atoms with E-state index in [4.69, 9.17) is 4.74 Å². The van der Waals surface area contributed by atoms with Crippen molar-refractivity contribution >= 4 is 17.5 Å². The molecular formula is C12H13NO4. The maximum absolute atomic E-state index is 11.5. The van der Waals surface area contributed by atoms with Gasteiger partial charge in [-0.1, -0.05) is 35.5 Å². The number of Topliss-reactive ketones (excluding diaryl/α,β-unsaturated/α-hetero) is 1. The van der Waals surface area contributed by atoms with Crippen LogP contribution in [0, 0.1) is 0 Å². The SMILES string of the molecule is CO/N=C(/C(C)=O)C(=O)OCc1ccccc1. The van der Waals surface area contributed by atoms with Crippen molar-refractivity contribution in [2.75, 3.05) is 7.11 Å². The van der Waals surface area contributed by atoms with E-state index in [2.05, 4.69) is 9.99 Å². The maximum Gasteiger partial charge on any atom is 0.364 e. The molecule has 0 amide bonds. The van der Waals surface area contributed by atoms with Gasteiger partial charge in [-0.15, -0.1) is 0 Å². The highest BCUT2D eigenvalue weighted by Gasteiger charge is 2.19. The van der Waals surface area contributed by atoms with Crippen molar-refractivity contribution in [2.45, 2.75) is 13.5 Å². The first-order valence-electron chi connectivity index (χ1n) is 4.98. The lowest BCUT2D eigenvalue weighted by Gasteiger charge is -2.04. The molecule has 0 aromatic heterocycles.